The van der Waals surface area contributed by atoms with E-state index in [-0.39, 0.29) is 71.3 Å². The van der Waals surface area contributed by atoms with Crippen LogP contribution >= 0.6 is 0 Å². The standard InChI is InChI=1S/C24H34O5.C5H14NO/c1-13(4-7-21(28)29)16-5-6-17-22-18(12-20(27)24(16,17)3)23(2)9-8-15(25)10-14(23)11-19(22)26;1-6(2,3)4-5-7/h13-14,16-18,22H,4-12H2,1-3H3,(H,28,29);7H,4-5H2,1-3H3/q;+1/p-1/t13-,14+,16-,17?,18?,22?,23+,24-;/m1./s1. The number of ketones is 3. The Morgan fingerprint density at radius 2 is 1.75 bits per heavy atom. The minimum absolute atomic E-state index is 0.0192. The number of hydrogen-bond acceptors (Lipinski definition) is 6. The minimum Gasteiger partial charge on any atom is -0.550 e. The quantitative estimate of drug-likeness (QED) is 0.555. The van der Waals surface area contributed by atoms with Crippen molar-refractivity contribution >= 4 is 23.3 Å². The number of hydrogen-bond donors (Lipinski definition) is 1. The van der Waals surface area contributed by atoms with E-state index in [1.807, 2.05) is 6.92 Å². The number of fused-ring (bicyclic) bond motifs is 5. The van der Waals surface area contributed by atoms with Gasteiger partial charge in [0.25, 0.3) is 0 Å². The number of likely N-dealkylation sites (N-methyl/N-ethyl adjacent to an activating group) is 1. The number of carboxylic acids is 1. The van der Waals surface area contributed by atoms with Gasteiger partial charge in [0.1, 0.15) is 23.9 Å². The van der Waals surface area contributed by atoms with Crippen LogP contribution in [0.3, 0.4) is 0 Å². The maximum Gasteiger partial charge on any atom is 0.139 e. The molecule has 0 amide bonds. The molecule has 3 unspecified atom stereocenters. The Balaban J connectivity index is 0.000000454. The van der Waals surface area contributed by atoms with E-state index in [9.17, 15) is 24.3 Å². The fourth-order valence-electron chi connectivity index (χ4n) is 8.24. The van der Waals surface area contributed by atoms with Crippen LogP contribution in [0.15, 0.2) is 0 Å². The fraction of sp³-hybridized carbons (Fsp3) is 0.862. The van der Waals surface area contributed by atoms with Crippen LogP contribution in [0, 0.1) is 46.3 Å². The molecular formula is C29H47NO6. The van der Waals surface area contributed by atoms with Gasteiger partial charge >= 0.3 is 0 Å². The number of aliphatic hydroxyl groups is 1. The van der Waals surface area contributed by atoms with Gasteiger partial charge in [0.05, 0.1) is 27.7 Å². The van der Waals surface area contributed by atoms with Gasteiger partial charge < -0.3 is 19.5 Å². The van der Waals surface area contributed by atoms with E-state index in [1.165, 1.54) is 0 Å². The van der Waals surface area contributed by atoms with Crippen molar-refractivity contribution in [2.24, 2.45) is 46.3 Å². The Morgan fingerprint density at radius 3 is 2.31 bits per heavy atom. The van der Waals surface area contributed by atoms with Crippen molar-refractivity contribution in [3.8, 4) is 0 Å². The predicted octanol–water partition coefficient (Wildman–Crippen LogP) is 2.42. The molecule has 204 valence electrons. The Hall–Kier alpha value is -1.60. The summed E-state index contributed by atoms with van der Waals surface area (Å²) in [6.45, 7) is 7.44. The molecular weight excluding hydrogens is 458 g/mol. The highest BCUT2D eigenvalue weighted by Gasteiger charge is 2.66. The molecule has 4 fully saturated rings. The van der Waals surface area contributed by atoms with Gasteiger partial charge in [0.2, 0.25) is 0 Å². The first-order valence-electron chi connectivity index (χ1n) is 13.8. The smallest absolute Gasteiger partial charge is 0.139 e. The molecule has 0 spiro atoms. The third-order valence-corrected chi connectivity index (χ3v) is 10.5. The fourth-order valence-corrected chi connectivity index (χ4v) is 8.24. The zero-order valence-electron chi connectivity index (χ0n) is 23.2. The Kier molecular flexibility index (Phi) is 8.56. The summed E-state index contributed by atoms with van der Waals surface area (Å²) in [5.74, 6) is 0.130. The van der Waals surface area contributed by atoms with Crippen LogP contribution in [0.2, 0.25) is 0 Å². The van der Waals surface area contributed by atoms with E-state index in [0.29, 0.717) is 32.1 Å². The number of aliphatic hydroxyl groups excluding tert-OH is 1. The number of carbonyl (C=O) groups excluding carboxylic acids is 4. The van der Waals surface area contributed by atoms with Crippen LogP contribution < -0.4 is 5.11 Å². The van der Waals surface area contributed by atoms with Gasteiger partial charge in [0.15, 0.2) is 0 Å². The van der Waals surface area contributed by atoms with E-state index < -0.39 is 11.4 Å². The molecule has 4 saturated carbocycles. The van der Waals surface area contributed by atoms with Gasteiger partial charge in [0, 0.05) is 43.0 Å². The molecule has 4 aliphatic rings. The number of carbonyl (C=O) groups is 4. The van der Waals surface area contributed by atoms with E-state index >= 15 is 0 Å². The van der Waals surface area contributed by atoms with Gasteiger partial charge in [-0.1, -0.05) is 20.8 Å². The Labute approximate surface area is 216 Å². The van der Waals surface area contributed by atoms with Crippen molar-refractivity contribution in [2.45, 2.75) is 78.6 Å². The first-order valence-corrected chi connectivity index (χ1v) is 13.8. The highest BCUT2D eigenvalue weighted by molar-refractivity contribution is 5.93. The van der Waals surface area contributed by atoms with Gasteiger partial charge in [-0.2, -0.15) is 0 Å². The predicted molar refractivity (Wildman–Crippen MR) is 134 cm³/mol. The van der Waals surface area contributed by atoms with Crippen LogP contribution in [0.4, 0.5) is 0 Å². The number of quaternary nitrogens is 1. The van der Waals surface area contributed by atoms with Crippen LogP contribution in [0.1, 0.15) is 78.6 Å². The number of nitrogens with zero attached hydrogens (tertiary/aromatic N) is 1. The molecule has 0 aliphatic heterocycles. The van der Waals surface area contributed by atoms with Gasteiger partial charge in [-0.25, -0.2) is 0 Å². The van der Waals surface area contributed by atoms with Crippen LogP contribution in [-0.4, -0.2) is 67.2 Å². The lowest BCUT2D eigenvalue weighted by Crippen LogP contribution is -2.60. The van der Waals surface area contributed by atoms with E-state index in [1.54, 1.807) is 0 Å². The Morgan fingerprint density at radius 1 is 1.08 bits per heavy atom. The molecule has 0 aromatic rings. The summed E-state index contributed by atoms with van der Waals surface area (Å²) in [4.78, 5) is 49.8. The number of rotatable bonds is 6. The third kappa shape index (κ3) is 5.47. The monoisotopic (exact) mass is 505 g/mol. The van der Waals surface area contributed by atoms with Crippen molar-refractivity contribution in [3.63, 3.8) is 0 Å². The van der Waals surface area contributed by atoms with E-state index in [2.05, 4.69) is 35.0 Å². The molecule has 0 bridgehead atoms. The maximum absolute atomic E-state index is 13.6. The zero-order chi connectivity index (χ0) is 27.1. The molecule has 0 heterocycles. The number of aliphatic carboxylic acids is 1. The third-order valence-electron chi connectivity index (χ3n) is 10.5. The van der Waals surface area contributed by atoms with Crippen molar-refractivity contribution in [2.75, 3.05) is 34.3 Å². The van der Waals surface area contributed by atoms with Crippen molar-refractivity contribution in [3.05, 3.63) is 0 Å². The maximum atomic E-state index is 13.6. The second-order valence-corrected chi connectivity index (χ2v) is 13.6. The summed E-state index contributed by atoms with van der Waals surface area (Å²) in [7, 11) is 6.16. The first-order chi connectivity index (χ1) is 16.6. The zero-order valence-corrected chi connectivity index (χ0v) is 23.2. The van der Waals surface area contributed by atoms with Gasteiger partial charge in [-0.15, -0.1) is 0 Å². The molecule has 0 saturated heterocycles. The lowest BCUT2D eigenvalue weighted by molar-refractivity contribution is -0.870. The summed E-state index contributed by atoms with van der Waals surface area (Å²) in [5.41, 5.74) is -0.627. The molecule has 1 N–H and O–H groups in total. The van der Waals surface area contributed by atoms with Gasteiger partial charge in [-0.05, 0) is 67.1 Å². The normalized spacial score (nSPS) is 38.9. The molecule has 7 heteroatoms. The SMILES string of the molecule is C[C@H](CCC(=O)[O-])[C@H]1CCC2C3C(=O)C[C@@H]4CC(=O)CC[C@]4(C)C3CC(=O)[C@@]21C.C[N+](C)(C)CCO. The molecule has 36 heavy (non-hydrogen) atoms. The average molecular weight is 506 g/mol. The molecule has 0 aromatic carbocycles. The Bertz CT molecular complexity index is 877. The van der Waals surface area contributed by atoms with E-state index in [0.717, 1.165) is 30.3 Å². The topological polar surface area (TPSA) is 112 Å². The lowest BCUT2D eigenvalue weighted by atomic mass is 9.44. The first kappa shape index (κ1) is 29.0. The minimum atomic E-state index is -1.04. The highest BCUT2D eigenvalue weighted by atomic mass is 16.4. The molecule has 8 atom stereocenters. The van der Waals surface area contributed by atoms with E-state index in [4.69, 9.17) is 5.11 Å². The summed E-state index contributed by atoms with van der Waals surface area (Å²) >= 11 is 0. The van der Waals surface area contributed by atoms with Crippen molar-refractivity contribution in [1.82, 2.24) is 0 Å². The molecule has 4 rings (SSSR count). The molecule has 7 nitrogen and oxygen atoms in total. The second-order valence-electron chi connectivity index (χ2n) is 13.6. The second kappa shape index (κ2) is 10.6. The van der Waals surface area contributed by atoms with Crippen molar-refractivity contribution < 1.29 is 33.9 Å². The molecule has 0 radical (unpaired) electrons. The van der Waals surface area contributed by atoms with Crippen LogP contribution in [0.5, 0.6) is 0 Å². The van der Waals surface area contributed by atoms with Crippen molar-refractivity contribution in [1.29, 1.82) is 0 Å². The summed E-state index contributed by atoms with van der Waals surface area (Å²) in [6.07, 6.45) is 5.08. The molecule has 0 aromatic heterocycles. The number of carboxylic acid groups (broad SMARTS) is 1. The summed E-state index contributed by atoms with van der Waals surface area (Å²) in [6, 6.07) is 0. The van der Waals surface area contributed by atoms with Crippen LogP contribution in [-0.2, 0) is 19.2 Å². The van der Waals surface area contributed by atoms with Crippen LogP contribution in [0.25, 0.3) is 0 Å². The average Bonchev–Trinajstić information content (AvgIpc) is 3.12. The molecule has 4 aliphatic carbocycles. The largest absolute Gasteiger partial charge is 0.550 e. The summed E-state index contributed by atoms with van der Waals surface area (Å²) in [5, 5.41) is 19.3. The number of Topliss-reactive ketones (excluding diaryl/α,β-unsaturated/α-hetero) is 3. The highest BCUT2D eigenvalue weighted by Crippen LogP contribution is 2.66. The lowest BCUT2D eigenvalue weighted by Gasteiger charge is -2.58. The summed E-state index contributed by atoms with van der Waals surface area (Å²) < 4.78 is 0.844. The van der Waals surface area contributed by atoms with Gasteiger partial charge in [-0.3, -0.25) is 14.4 Å².